The number of piperidine rings is 1. The van der Waals surface area contributed by atoms with E-state index in [9.17, 15) is 8.42 Å². The molecule has 0 saturated carbocycles. The van der Waals surface area contributed by atoms with Gasteiger partial charge in [-0.3, -0.25) is 4.72 Å². The van der Waals surface area contributed by atoms with Gasteiger partial charge in [0.25, 0.3) is 0 Å². The van der Waals surface area contributed by atoms with Crippen LogP contribution >= 0.6 is 11.6 Å². The molecule has 0 atom stereocenters. The lowest BCUT2D eigenvalue weighted by Gasteiger charge is -2.30. The third kappa shape index (κ3) is 4.00. The number of nitrogens with one attached hydrogen (secondary N) is 1. The van der Waals surface area contributed by atoms with E-state index in [1.165, 1.54) is 17.5 Å². The number of benzene rings is 1. The van der Waals surface area contributed by atoms with Crippen LogP contribution in [-0.2, 0) is 10.2 Å². The highest BCUT2D eigenvalue weighted by Crippen LogP contribution is 2.29. The number of methoxy groups -OCH3 is 1. The highest BCUT2D eigenvalue weighted by atomic mass is 35.5. The van der Waals surface area contributed by atoms with E-state index in [0.29, 0.717) is 42.0 Å². The van der Waals surface area contributed by atoms with Crippen LogP contribution in [0.15, 0.2) is 18.2 Å². The summed E-state index contributed by atoms with van der Waals surface area (Å²) in [4.78, 5) is 0. The molecule has 0 aliphatic carbocycles. The van der Waals surface area contributed by atoms with Crippen molar-refractivity contribution in [3.63, 3.8) is 0 Å². The largest absolute Gasteiger partial charge is 0.495 e. The summed E-state index contributed by atoms with van der Waals surface area (Å²) in [5.74, 6) is 0.831. The van der Waals surface area contributed by atoms with Crippen molar-refractivity contribution < 1.29 is 13.2 Å². The van der Waals surface area contributed by atoms with Crippen LogP contribution in [-0.4, -0.2) is 39.5 Å². The molecule has 3 N–H and O–H groups in total. The van der Waals surface area contributed by atoms with Crippen molar-refractivity contribution in [2.24, 2.45) is 11.7 Å². The number of anilines is 1. The maximum Gasteiger partial charge on any atom is 0.301 e. The molecule has 0 unspecified atom stereocenters. The van der Waals surface area contributed by atoms with Gasteiger partial charge in [-0.05, 0) is 43.5 Å². The molecule has 8 heteroatoms. The standard InChI is InChI=1S/C13H20ClN3O3S/c1-20-13-3-2-11(14)8-12(13)16-21(18,19)17-6-4-10(9-15)5-7-17/h2-3,8,10,16H,4-7,9,15H2,1H3. The Bertz CT molecular complexity index is 586. The average Bonchev–Trinajstić information content (AvgIpc) is 2.47. The maximum atomic E-state index is 12.4. The first-order chi connectivity index (χ1) is 9.96. The van der Waals surface area contributed by atoms with Gasteiger partial charge in [0.05, 0.1) is 12.8 Å². The Labute approximate surface area is 130 Å². The molecule has 6 nitrogen and oxygen atoms in total. The van der Waals surface area contributed by atoms with E-state index < -0.39 is 10.2 Å². The molecule has 1 aliphatic heterocycles. The molecule has 0 bridgehead atoms. The fraction of sp³-hybridized carbons (Fsp3) is 0.538. The fourth-order valence-corrected chi connectivity index (χ4v) is 3.78. The molecule has 1 heterocycles. The van der Waals surface area contributed by atoms with Crippen LogP contribution < -0.4 is 15.2 Å². The predicted octanol–water partition coefficient (Wildman–Crippen LogP) is 1.68. The van der Waals surface area contributed by atoms with Crippen LogP contribution in [0.1, 0.15) is 12.8 Å². The van der Waals surface area contributed by atoms with E-state index in [2.05, 4.69) is 4.72 Å². The van der Waals surface area contributed by atoms with Gasteiger partial charge in [-0.2, -0.15) is 12.7 Å². The minimum absolute atomic E-state index is 0.339. The zero-order valence-electron chi connectivity index (χ0n) is 11.9. The minimum Gasteiger partial charge on any atom is -0.495 e. The van der Waals surface area contributed by atoms with Crippen molar-refractivity contribution in [1.82, 2.24) is 4.31 Å². The first-order valence-electron chi connectivity index (χ1n) is 6.77. The summed E-state index contributed by atoms with van der Waals surface area (Å²) in [5.41, 5.74) is 5.96. The fourth-order valence-electron chi connectivity index (χ4n) is 2.35. The second-order valence-electron chi connectivity index (χ2n) is 5.03. The summed E-state index contributed by atoms with van der Waals surface area (Å²) in [7, 11) is -2.13. The van der Waals surface area contributed by atoms with Crippen molar-refractivity contribution in [1.29, 1.82) is 0 Å². The van der Waals surface area contributed by atoms with Crippen molar-refractivity contribution in [2.75, 3.05) is 31.5 Å². The smallest absolute Gasteiger partial charge is 0.301 e. The molecular weight excluding hydrogens is 314 g/mol. The van der Waals surface area contributed by atoms with Crippen LogP contribution in [0.5, 0.6) is 5.75 Å². The van der Waals surface area contributed by atoms with Gasteiger partial charge >= 0.3 is 10.2 Å². The number of nitrogens with two attached hydrogens (primary N) is 1. The number of hydrogen-bond acceptors (Lipinski definition) is 4. The minimum atomic E-state index is -3.61. The summed E-state index contributed by atoms with van der Waals surface area (Å²) in [6, 6.07) is 4.80. The van der Waals surface area contributed by atoms with Gasteiger partial charge in [-0.25, -0.2) is 0 Å². The van der Waals surface area contributed by atoms with Crippen LogP contribution in [0.3, 0.4) is 0 Å². The topological polar surface area (TPSA) is 84.7 Å². The zero-order valence-corrected chi connectivity index (χ0v) is 13.5. The SMILES string of the molecule is COc1ccc(Cl)cc1NS(=O)(=O)N1CCC(CN)CC1. The van der Waals surface area contributed by atoms with Crippen LogP contribution in [0.4, 0.5) is 5.69 Å². The van der Waals surface area contributed by atoms with Crippen molar-refractivity contribution in [3.8, 4) is 5.75 Å². The molecule has 1 fully saturated rings. The Morgan fingerprint density at radius 1 is 1.43 bits per heavy atom. The van der Waals surface area contributed by atoms with Gasteiger partial charge in [-0.15, -0.1) is 0 Å². The van der Waals surface area contributed by atoms with E-state index >= 15 is 0 Å². The first kappa shape index (κ1) is 16.4. The van der Waals surface area contributed by atoms with Gasteiger partial charge in [-0.1, -0.05) is 11.6 Å². The van der Waals surface area contributed by atoms with Gasteiger partial charge in [0, 0.05) is 18.1 Å². The van der Waals surface area contributed by atoms with Gasteiger partial charge < -0.3 is 10.5 Å². The molecular formula is C13H20ClN3O3S. The van der Waals surface area contributed by atoms with Gasteiger partial charge in [0.1, 0.15) is 5.75 Å². The molecule has 2 rings (SSSR count). The Morgan fingerprint density at radius 3 is 2.67 bits per heavy atom. The van der Waals surface area contributed by atoms with Crippen LogP contribution in [0, 0.1) is 5.92 Å². The normalized spacial score (nSPS) is 17.7. The lowest BCUT2D eigenvalue weighted by atomic mass is 9.99. The second-order valence-corrected chi connectivity index (χ2v) is 7.14. The predicted molar refractivity (Wildman–Crippen MR) is 83.9 cm³/mol. The van der Waals surface area contributed by atoms with Crippen LogP contribution in [0.2, 0.25) is 5.02 Å². The molecule has 1 aromatic carbocycles. The van der Waals surface area contributed by atoms with Crippen molar-refractivity contribution in [2.45, 2.75) is 12.8 Å². The lowest BCUT2D eigenvalue weighted by molar-refractivity contribution is 0.279. The van der Waals surface area contributed by atoms with E-state index in [-0.39, 0.29) is 0 Å². The van der Waals surface area contributed by atoms with E-state index in [4.69, 9.17) is 22.1 Å². The van der Waals surface area contributed by atoms with E-state index in [1.54, 1.807) is 12.1 Å². The zero-order chi connectivity index (χ0) is 15.5. The summed E-state index contributed by atoms with van der Waals surface area (Å²) < 4.78 is 33.9. The molecule has 1 aromatic rings. The lowest BCUT2D eigenvalue weighted by Crippen LogP contribution is -2.42. The molecule has 1 aliphatic rings. The van der Waals surface area contributed by atoms with Crippen LogP contribution in [0.25, 0.3) is 0 Å². The van der Waals surface area contributed by atoms with Crippen molar-refractivity contribution in [3.05, 3.63) is 23.2 Å². The molecule has 1 saturated heterocycles. The highest BCUT2D eigenvalue weighted by Gasteiger charge is 2.28. The average molecular weight is 334 g/mol. The Balaban J connectivity index is 2.13. The third-order valence-corrected chi connectivity index (χ3v) is 5.41. The van der Waals surface area contributed by atoms with E-state index in [1.807, 2.05) is 0 Å². The molecule has 21 heavy (non-hydrogen) atoms. The molecule has 0 spiro atoms. The molecule has 118 valence electrons. The molecule has 0 radical (unpaired) electrons. The highest BCUT2D eigenvalue weighted by molar-refractivity contribution is 7.90. The third-order valence-electron chi connectivity index (χ3n) is 3.65. The molecule has 0 amide bonds. The monoisotopic (exact) mass is 333 g/mol. The maximum absolute atomic E-state index is 12.4. The van der Waals surface area contributed by atoms with E-state index in [0.717, 1.165) is 12.8 Å². The Morgan fingerprint density at radius 2 is 2.10 bits per heavy atom. The molecule has 0 aromatic heterocycles. The Kier molecular flexibility index (Phi) is 5.32. The number of rotatable bonds is 5. The quantitative estimate of drug-likeness (QED) is 0.858. The van der Waals surface area contributed by atoms with Crippen molar-refractivity contribution >= 4 is 27.5 Å². The first-order valence-corrected chi connectivity index (χ1v) is 8.59. The number of hydrogen-bond donors (Lipinski definition) is 2. The Hall–Kier alpha value is -1.02. The second kappa shape index (κ2) is 6.83. The summed E-state index contributed by atoms with van der Waals surface area (Å²) in [6.07, 6.45) is 1.56. The van der Waals surface area contributed by atoms with Gasteiger partial charge in [0.15, 0.2) is 0 Å². The van der Waals surface area contributed by atoms with Gasteiger partial charge in [0.2, 0.25) is 0 Å². The number of nitrogens with zero attached hydrogens (tertiary/aromatic N) is 1. The number of halogens is 1. The summed E-state index contributed by atoms with van der Waals surface area (Å²) >= 11 is 5.91. The summed E-state index contributed by atoms with van der Waals surface area (Å²) in [6.45, 7) is 1.55. The summed E-state index contributed by atoms with van der Waals surface area (Å²) in [5, 5.41) is 0.440. The number of ether oxygens (including phenoxy) is 1.